The maximum atomic E-state index is 13.6. The number of alkyl carbamates (subject to hydrolysis) is 1. The van der Waals surface area contributed by atoms with E-state index in [4.69, 9.17) is 4.74 Å². The number of hydrogen-bond acceptors (Lipinski definition) is 3. The Balaban J connectivity index is 2.38. The lowest BCUT2D eigenvalue weighted by Crippen LogP contribution is -2.39. The number of halogens is 1. The van der Waals surface area contributed by atoms with Crippen LogP contribution in [-0.4, -0.2) is 37.3 Å². The van der Waals surface area contributed by atoms with Gasteiger partial charge in [0.05, 0.1) is 6.54 Å². The molecule has 0 aliphatic carbocycles. The van der Waals surface area contributed by atoms with Crippen LogP contribution in [0.3, 0.4) is 0 Å². The average molecular weight is 366 g/mol. The highest BCUT2D eigenvalue weighted by molar-refractivity contribution is 5.79. The number of nitrogens with one attached hydrogen (secondary N) is 3. The van der Waals surface area contributed by atoms with E-state index in [0.29, 0.717) is 31.2 Å². The molecule has 0 radical (unpaired) electrons. The van der Waals surface area contributed by atoms with Gasteiger partial charge in [-0.05, 0) is 58.2 Å². The van der Waals surface area contributed by atoms with E-state index in [1.54, 1.807) is 13.0 Å². The van der Waals surface area contributed by atoms with Crippen LogP contribution in [0.2, 0.25) is 0 Å². The molecule has 26 heavy (non-hydrogen) atoms. The Morgan fingerprint density at radius 2 is 1.88 bits per heavy atom. The molecule has 0 aliphatic rings. The summed E-state index contributed by atoms with van der Waals surface area (Å²) in [6.45, 7) is 11.5. The number of aliphatic imine (C=N–C) groups is 1. The zero-order valence-electron chi connectivity index (χ0n) is 16.4. The molecule has 0 spiro atoms. The van der Waals surface area contributed by atoms with Gasteiger partial charge in [0, 0.05) is 19.6 Å². The molecule has 0 unspecified atom stereocenters. The molecule has 3 N–H and O–H groups in total. The quantitative estimate of drug-likeness (QED) is 0.394. The number of amides is 1. The molecule has 1 aromatic carbocycles. The lowest BCUT2D eigenvalue weighted by atomic mass is 10.1. The normalized spacial score (nSPS) is 11.8. The monoisotopic (exact) mass is 366 g/mol. The lowest BCUT2D eigenvalue weighted by molar-refractivity contribution is 0.0527. The second-order valence-corrected chi connectivity index (χ2v) is 6.99. The minimum atomic E-state index is -0.497. The number of carbonyl (C=O) groups excluding carboxylic acids is 1. The molecule has 146 valence electrons. The summed E-state index contributed by atoms with van der Waals surface area (Å²) in [5.74, 6) is 0.439. The third-order valence-electron chi connectivity index (χ3n) is 3.31. The Morgan fingerprint density at radius 3 is 2.50 bits per heavy atom. The molecule has 6 nitrogen and oxygen atoms in total. The summed E-state index contributed by atoms with van der Waals surface area (Å²) in [7, 11) is 0. The smallest absolute Gasteiger partial charge is 0.407 e. The molecular weight excluding hydrogens is 335 g/mol. The Labute approximate surface area is 155 Å². The second kappa shape index (κ2) is 10.6. The van der Waals surface area contributed by atoms with Crippen LogP contribution >= 0.6 is 0 Å². The molecule has 7 heteroatoms. The number of carbonyl (C=O) groups is 1. The van der Waals surface area contributed by atoms with E-state index in [-0.39, 0.29) is 5.82 Å². The first-order valence-corrected chi connectivity index (χ1v) is 8.95. The first-order valence-electron chi connectivity index (χ1n) is 8.95. The van der Waals surface area contributed by atoms with Crippen molar-refractivity contribution < 1.29 is 13.9 Å². The first kappa shape index (κ1) is 21.7. The van der Waals surface area contributed by atoms with E-state index in [9.17, 15) is 9.18 Å². The van der Waals surface area contributed by atoms with Gasteiger partial charge in [-0.1, -0.05) is 12.1 Å². The molecule has 0 fully saturated rings. The van der Waals surface area contributed by atoms with Crippen LogP contribution in [0, 0.1) is 12.7 Å². The van der Waals surface area contributed by atoms with Crippen LogP contribution < -0.4 is 16.0 Å². The van der Waals surface area contributed by atoms with Crippen LogP contribution in [-0.2, 0) is 11.3 Å². The van der Waals surface area contributed by atoms with Crippen molar-refractivity contribution >= 4 is 12.1 Å². The van der Waals surface area contributed by atoms with Gasteiger partial charge < -0.3 is 20.7 Å². The molecule has 1 amide bonds. The van der Waals surface area contributed by atoms with Crippen molar-refractivity contribution in [2.45, 2.75) is 53.2 Å². The lowest BCUT2D eigenvalue weighted by Gasteiger charge is -2.19. The fourth-order valence-electron chi connectivity index (χ4n) is 2.05. The zero-order chi connectivity index (χ0) is 19.6. The van der Waals surface area contributed by atoms with E-state index in [1.807, 2.05) is 33.8 Å². The average Bonchev–Trinajstić information content (AvgIpc) is 2.53. The minimum Gasteiger partial charge on any atom is -0.444 e. The maximum absolute atomic E-state index is 13.6. The Morgan fingerprint density at radius 1 is 1.19 bits per heavy atom. The first-order chi connectivity index (χ1) is 12.2. The number of benzene rings is 1. The van der Waals surface area contributed by atoms with Gasteiger partial charge in [-0.15, -0.1) is 0 Å². The molecule has 0 saturated carbocycles. The zero-order valence-corrected chi connectivity index (χ0v) is 16.4. The SMILES string of the molecule is CCNC(=NCc1ccc(C)c(F)c1)NCCCNC(=O)OC(C)(C)C. The Kier molecular flexibility index (Phi) is 8.88. The summed E-state index contributed by atoms with van der Waals surface area (Å²) in [6.07, 6.45) is 0.308. The van der Waals surface area contributed by atoms with E-state index in [0.717, 1.165) is 18.5 Å². The molecule has 0 heterocycles. The highest BCUT2D eigenvalue weighted by atomic mass is 19.1. The largest absolute Gasteiger partial charge is 0.444 e. The molecular formula is C19H31FN4O2. The highest BCUT2D eigenvalue weighted by Gasteiger charge is 2.15. The molecule has 1 rings (SSSR count). The van der Waals surface area contributed by atoms with Crippen molar-refractivity contribution in [1.82, 2.24) is 16.0 Å². The van der Waals surface area contributed by atoms with Gasteiger partial charge in [0.2, 0.25) is 0 Å². The summed E-state index contributed by atoms with van der Waals surface area (Å²) in [6, 6.07) is 5.13. The van der Waals surface area contributed by atoms with Gasteiger partial charge in [-0.25, -0.2) is 14.2 Å². The van der Waals surface area contributed by atoms with Gasteiger partial charge in [0.1, 0.15) is 11.4 Å². The van der Waals surface area contributed by atoms with Crippen molar-refractivity contribution in [1.29, 1.82) is 0 Å². The molecule has 0 atom stereocenters. The van der Waals surface area contributed by atoms with Gasteiger partial charge in [-0.3, -0.25) is 0 Å². The van der Waals surface area contributed by atoms with Crippen molar-refractivity contribution in [3.05, 3.63) is 35.1 Å². The van der Waals surface area contributed by atoms with E-state index >= 15 is 0 Å². The number of hydrogen-bond donors (Lipinski definition) is 3. The minimum absolute atomic E-state index is 0.219. The Hall–Kier alpha value is -2.31. The van der Waals surface area contributed by atoms with Crippen LogP contribution in [0.4, 0.5) is 9.18 Å². The molecule has 0 bridgehead atoms. The van der Waals surface area contributed by atoms with E-state index in [2.05, 4.69) is 20.9 Å². The number of rotatable bonds is 7. The maximum Gasteiger partial charge on any atom is 0.407 e. The summed E-state index contributed by atoms with van der Waals surface area (Å²) in [4.78, 5) is 16.0. The molecule has 1 aromatic rings. The summed E-state index contributed by atoms with van der Waals surface area (Å²) < 4.78 is 18.8. The summed E-state index contributed by atoms with van der Waals surface area (Å²) >= 11 is 0. The van der Waals surface area contributed by atoms with Crippen LogP contribution in [0.25, 0.3) is 0 Å². The molecule has 0 aromatic heterocycles. The van der Waals surface area contributed by atoms with E-state index in [1.165, 1.54) is 6.07 Å². The van der Waals surface area contributed by atoms with Crippen molar-refractivity contribution in [2.75, 3.05) is 19.6 Å². The van der Waals surface area contributed by atoms with Gasteiger partial charge in [0.15, 0.2) is 5.96 Å². The van der Waals surface area contributed by atoms with Crippen LogP contribution in [0.1, 0.15) is 45.2 Å². The van der Waals surface area contributed by atoms with Crippen molar-refractivity contribution in [3.63, 3.8) is 0 Å². The molecule has 0 aliphatic heterocycles. The summed E-state index contributed by atoms with van der Waals surface area (Å²) in [5, 5.41) is 9.05. The fraction of sp³-hybridized carbons (Fsp3) is 0.579. The fourth-order valence-corrected chi connectivity index (χ4v) is 2.05. The molecule has 0 saturated heterocycles. The van der Waals surface area contributed by atoms with Crippen LogP contribution in [0.5, 0.6) is 0 Å². The number of guanidine groups is 1. The highest BCUT2D eigenvalue weighted by Crippen LogP contribution is 2.10. The third-order valence-corrected chi connectivity index (χ3v) is 3.31. The predicted octanol–water partition coefficient (Wildman–Crippen LogP) is 3.10. The van der Waals surface area contributed by atoms with Crippen LogP contribution in [0.15, 0.2) is 23.2 Å². The third kappa shape index (κ3) is 9.25. The van der Waals surface area contributed by atoms with Gasteiger partial charge in [0.25, 0.3) is 0 Å². The number of ether oxygens (including phenoxy) is 1. The Bertz CT molecular complexity index is 612. The van der Waals surface area contributed by atoms with E-state index < -0.39 is 11.7 Å². The van der Waals surface area contributed by atoms with Gasteiger partial charge in [-0.2, -0.15) is 0 Å². The topological polar surface area (TPSA) is 74.8 Å². The summed E-state index contributed by atoms with van der Waals surface area (Å²) in [5.41, 5.74) is 0.944. The predicted molar refractivity (Wildman–Crippen MR) is 103 cm³/mol. The number of aryl methyl sites for hydroxylation is 1. The van der Waals surface area contributed by atoms with Crippen molar-refractivity contribution in [2.24, 2.45) is 4.99 Å². The number of nitrogens with zero attached hydrogens (tertiary/aromatic N) is 1. The standard InChI is InChI=1S/C19H31FN4O2/c1-6-21-17(24-13-15-9-8-14(2)16(20)12-15)22-10-7-11-23-18(25)26-19(3,4)5/h8-9,12H,6-7,10-11,13H2,1-5H3,(H,23,25)(H2,21,22,24). The van der Waals surface area contributed by atoms with Gasteiger partial charge >= 0.3 is 6.09 Å². The van der Waals surface area contributed by atoms with Crippen molar-refractivity contribution in [3.8, 4) is 0 Å². The second-order valence-electron chi connectivity index (χ2n) is 6.99.